The number of carbonyl (C=O) groups is 3. The number of ether oxygens (including phenoxy) is 2. The zero-order chi connectivity index (χ0) is 30.4. The van der Waals surface area contributed by atoms with Crippen molar-refractivity contribution < 1.29 is 43.2 Å². The molecule has 0 aromatic heterocycles. The van der Waals surface area contributed by atoms with E-state index in [4.69, 9.17) is 20.4 Å². The number of methoxy groups -OCH3 is 1. The fourth-order valence-electron chi connectivity index (χ4n) is 3.44. The number of sulfone groups is 1. The smallest absolute Gasteiger partial charge is 0.264 e. The molecule has 2 aromatic rings. The maximum atomic E-state index is 13.5. The van der Waals surface area contributed by atoms with Gasteiger partial charge in [0.05, 0.1) is 49.1 Å². The van der Waals surface area contributed by atoms with Crippen molar-refractivity contribution in [3.05, 3.63) is 53.1 Å². The number of nitrogens with one attached hydrogen (secondary N) is 1. The van der Waals surface area contributed by atoms with Crippen LogP contribution in [0.4, 0.5) is 5.69 Å². The first kappa shape index (κ1) is 14.6. The quantitative estimate of drug-likeness (QED) is 0.591. The van der Waals surface area contributed by atoms with Crippen molar-refractivity contribution in [2.45, 2.75) is 19.8 Å². The summed E-state index contributed by atoms with van der Waals surface area (Å²) in [6.45, 7) is -5.50. The Bertz CT molecular complexity index is 1470. The van der Waals surface area contributed by atoms with Crippen LogP contribution < -0.4 is 14.8 Å². The Balaban J connectivity index is 2.19. The molecular weight excluding hydrogens is 436 g/mol. The van der Waals surface area contributed by atoms with E-state index in [1.165, 1.54) is 25.1 Å². The van der Waals surface area contributed by atoms with Crippen LogP contribution in [0.3, 0.4) is 0 Å². The zero-order valence-electron chi connectivity index (χ0n) is 25.0. The predicted molar refractivity (Wildman–Crippen MR) is 118 cm³/mol. The fourth-order valence-corrected chi connectivity index (χ4v) is 4.35. The van der Waals surface area contributed by atoms with Gasteiger partial charge in [-0.1, -0.05) is 12.1 Å². The molecule has 1 N–H and O–H groups in total. The highest BCUT2D eigenvalue weighted by Gasteiger charge is 2.43. The summed E-state index contributed by atoms with van der Waals surface area (Å²) in [6.07, 6.45) is 0.845. The number of hydrogen-bond acceptors (Lipinski definition) is 7. The average Bonchev–Trinajstić information content (AvgIpc) is 3.01. The molecule has 3 amide bonds. The monoisotopic (exact) mass is 468 g/mol. The van der Waals surface area contributed by atoms with Crippen molar-refractivity contribution in [3.63, 3.8) is 0 Å². The van der Waals surface area contributed by atoms with Crippen LogP contribution in [0.2, 0.25) is 0 Å². The second-order valence-electron chi connectivity index (χ2n) is 7.01. The third-order valence-corrected chi connectivity index (χ3v) is 5.57. The van der Waals surface area contributed by atoms with E-state index < -0.39 is 71.3 Å². The number of hydrogen-bond donors (Lipinski definition) is 1. The molecule has 0 radical (unpaired) electrons. The molecule has 1 aliphatic heterocycles. The summed E-state index contributed by atoms with van der Waals surface area (Å²) in [5.41, 5.74) is -0.429. The third-order valence-electron chi connectivity index (χ3n) is 4.65. The molecule has 170 valence electrons. The molecule has 0 unspecified atom stereocenters. The SMILES string of the molecule is [2H]C([2H])([2H])Oc1ccc([C@@H](CS(C)(=O)=O)N2C(=O)c3cccc(NC(C)=O)c3C2=O)cc1OC([2H])([2H])C([2H])([2H])[2H]. The van der Waals surface area contributed by atoms with E-state index in [1.807, 2.05) is 0 Å². The Labute approximate surface area is 197 Å². The lowest BCUT2D eigenvalue weighted by Crippen LogP contribution is -2.37. The standard InChI is InChI=1S/C22H24N2O7S/c1-5-31-19-11-14(9-10-18(19)30-3)17(12-32(4,28)29)24-21(26)15-7-6-8-16(23-13(2)25)20(15)22(24)27/h6-11,17H,5,12H2,1-4H3,(H,23,25)/t17-/m1/s1/i1D3,3D3,5D2. The molecule has 1 aliphatic rings. The van der Waals surface area contributed by atoms with Crippen LogP contribution in [0.5, 0.6) is 11.5 Å². The van der Waals surface area contributed by atoms with Crippen molar-refractivity contribution in [3.8, 4) is 11.5 Å². The molecule has 0 aliphatic carbocycles. The van der Waals surface area contributed by atoms with Gasteiger partial charge < -0.3 is 14.8 Å². The molecule has 3 rings (SSSR count). The first-order valence-electron chi connectivity index (χ1n) is 13.1. The largest absolute Gasteiger partial charge is 0.493 e. The van der Waals surface area contributed by atoms with Crippen LogP contribution in [0.1, 0.15) is 57.1 Å². The number of rotatable bonds is 8. The predicted octanol–water partition coefficient (Wildman–Crippen LogP) is 2.43. The van der Waals surface area contributed by atoms with Gasteiger partial charge in [0, 0.05) is 17.3 Å². The number of fused-ring (bicyclic) bond motifs is 1. The number of anilines is 1. The minimum absolute atomic E-state index is 0.0141. The summed E-state index contributed by atoms with van der Waals surface area (Å²) in [6, 6.07) is 5.54. The minimum Gasteiger partial charge on any atom is -0.493 e. The normalized spacial score (nSPS) is 19.1. The van der Waals surface area contributed by atoms with E-state index in [0.717, 1.165) is 24.5 Å². The maximum absolute atomic E-state index is 13.5. The van der Waals surface area contributed by atoms with Crippen molar-refractivity contribution >= 4 is 33.2 Å². The van der Waals surface area contributed by atoms with Crippen LogP contribution in [0.15, 0.2) is 36.4 Å². The van der Waals surface area contributed by atoms with Gasteiger partial charge in [0.25, 0.3) is 11.8 Å². The summed E-state index contributed by atoms with van der Waals surface area (Å²) in [7, 11) is -6.99. The first-order valence-corrected chi connectivity index (χ1v) is 11.2. The van der Waals surface area contributed by atoms with Crippen molar-refractivity contribution in [2.24, 2.45) is 0 Å². The molecule has 0 fully saturated rings. The Morgan fingerprint density at radius 3 is 2.66 bits per heavy atom. The van der Waals surface area contributed by atoms with Crippen molar-refractivity contribution in [1.29, 1.82) is 0 Å². The second kappa shape index (κ2) is 8.99. The van der Waals surface area contributed by atoms with Gasteiger partial charge in [-0.3, -0.25) is 19.3 Å². The Morgan fingerprint density at radius 2 is 2.00 bits per heavy atom. The number of nitrogens with zero attached hydrogens (tertiary/aromatic N) is 1. The van der Waals surface area contributed by atoms with E-state index in [2.05, 4.69) is 5.32 Å². The van der Waals surface area contributed by atoms with Gasteiger partial charge >= 0.3 is 0 Å². The van der Waals surface area contributed by atoms with Crippen molar-refractivity contribution in [1.82, 2.24) is 4.90 Å². The average molecular weight is 469 g/mol. The number of benzene rings is 2. The molecule has 9 nitrogen and oxygen atoms in total. The summed E-state index contributed by atoms with van der Waals surface area (Å²) >= 11 is 0. The highest BCUT2D eigenvalue weighted by Crippen LogP contribution is 2.38. The Hall–Kier alpha value is -3.40. The van der Waals surface area contributed by atoms with Gasteiger partial charge in [-0.25, -0.2) is 8.42 Å². The van der Waals surface area contributed by atoms with Gasteiger partial charge in [-0.15, -0.1) is 0 Å². The molecule has 0 saturated heterocycles. The highest BCUT2D eigenvalue weighted by molar-refractivity contribution is 7.90. The van der Waals surface area contributed by atoms with Crippen LogP contribution in [0.25, 0.3) is 0 Å². The van der Waals surface area contributed by atoms with Gasteiger partial charge in [-0.05, 0) is 36.7 Å². The number of amides is 3. The summed E-state index contributed by atoms with van der Waals surface area (Å²) < 4.78 is 94.5. The molecule has 1 heterocycles. The van der Waals surface area contributed by atoms with Gasteiger partial charge in [0.1, 0.15) is 9.84 Å². The summed E-state index contributed by atoms with van der Waals surface area (Å²) in [4.78, 5) is 39.2. The van der Waals surface area contributed by atoms with Gasteiger partial charge in [-0.2, -0.15) is 0 Å². The van der Waals surface area contributed by atoms with Gasteiger partial charge in [0.15, 0.2) is 11.5 Å². The summed E-state index contributed by atoms with van der Waals surface area (Å²) in [5.74, 6) is -4.53. The molecule has 10 heteroatoms. The van der Waals surface area contributed by atoms with Crippen LogP contribution in [0, 0.1) is 0 Å². The molecule has 0 bridgehead atoms. The molecule has 1 atom stereocenters. The number of imide groups is 1. The lowest BCUT2D eigenvalue weighted by Gasteiger charge is -2.27. The van der Waals surface area contributed by atoms with Crippen molar-refractivity contribution in [2.75, 3.05) is 30.9 Å². The molecule has 32 heavy (non-hydrogen) atoms. The second-order valence-corrected chi connectivity index (χ2v) is 9.20. The number of carbonyl (C=O) groups excluding carboxylic acids is 3. The minimum atomic E-state index is -3.92. The van der Waals surface area contributed by atoms with Gasteiger partial charge in [0.2, 0.25) is 5.91 Å². The lowest BCUT2D eigenvalue weighted by molar-refractivity contribution is -0.114. The van der Waals surface area contributed by atoms with E-state index in [9.17, 15) is 22.8 Å². The van der Waals surface area contributed by atoms with E-state index in [-0.39, 0.29) is 22.4 Å². The van der Waals surface area contributed by atoms with E-state index >= 15 is 0 Å². The molecule has 2 aromatic carbocycles. The molecule has 0 saturated carbocycles. The summed E-state index contributed by atoms with van der Waals surface area (Å²) in [5, 5.41) is 2.44. The molecule has 0 spiro atoms. The Kier molecular flexibility index (Phi) is 4.11. The van der Waals surface area contributed by atoms with E-state index in [1.54, 1.807) is 0 Å². The maximum Gasteiger partial charge on any atom is 0.264 e. The highest BCUT2D eigenvalue weighted by atomic mass is 32.2. The lowest BCUT2D eigenvalue weighted by atomic mass is 10.1. The fraction of sp³-hybridized carbons (Fsp3) is 0.318. The van der Waals surface area contributed by atoms with Crippen LogP contribution in [-0.2, 0) is 14.6 Å². The Morgan fingerprint density at radius 1 is 1.22 bits per heavy atom. The molecular formula is C22H24N2O7S. The topological polar surface area (TPSA) is 119 Å². The van der Waals surface area contributed by atoms with Crippen LogP contribution >= 0.6 is 0 Å². The van der Waals surface area contributed by atoms with E-state index in [0.29, 0.717) is 4.90 Å². The zero-order valence-corrected chi connectivity index (χ0v) is 17.8. The third kappa shape index (κ3) is 4.59. The van der Waals surface area contributed by atoms with Crippen LogP contribution in [-0.4, -0.2) is 56.6 Å². The first-order chi connectivity index (χ1) is 18.1.